The minimum Gasteiger partial charge on any atom is -0.300 e. The van der Waals surface area contributed by atoms with Gasteiger partial charge < -0.3 is 0 Å². The molecule has 0 spiro atoms. The van der Waals surface area contributed by atoms with Gasteiger partial charge in [0.2, 0.25) is 0 Å². The van der Waals surface area contributed by atoms with Crippen molar-refractivity contribution in [2.75, 3.05) is 0 Å². The van der Waals surface area contributed by atoms with Crippen molar-refractivity contribution in [3.8, 4) is 0 Å². The molecular weight excluding hydrogens is 236 g/mol. The van der Waals surface area contributed by atoms with Gasteiger partial charge >= 0.3 is 0 Å². The van der Waals surface area contributed by atoms with E-state index in [0.29, 0.717) is 29.3 Å². The summed E-state index contributed by atoms with van der Waals surface area (Å²) in [5.74, 6) is 3.41. The molecule has 3 saturated carbocycles. The van der Waals surface area contributed by atoms with Crippen LogP contribution in [0, 0.1) is 35.0 Å². The summed E-state index contributed by atoms with van der Waals surface area (Å²) in [7, 11) is 0. The van der Waals surface area contributed by atoms with Crippen LogP contribution in [0.25, 0.3) is 0 Å². The zero-order valence-corrected chi connectivity index (χ0v) is 12.4. The Morgan fingerprint density at radius 3 is 2.58 bits per heavy atom. The lowest BCUT2D eigenvalue weighted by atomic mass is 9.53. The Morgan fingerprint density at radius 2 is 1.89 bits per heavy atom. The molecule has 0 aromatic carbocycles. The van der Waals surface area contributed by atoms with Gasteiger partial charge in [-0.05, 0) is 62.2 Å². The van der Waals surface area contributed by atoms with E-state index in [4.69, 9.17) is 0 Å². The summed E-state index contributed by atoms with van der Waals surface area (Å²) < 4.78 is 0. The highest BCUT2D eigenvalue weighted by atomic mass is 16.1. The van der Waals surface area contributed by atoms with Crippen LogP contribution in [0.1, 0.15) is 59.3 Å². The van der Waals surface area contributed by atoms with E-state index in [1.165, 1.54) is 6.42 Å². The van der Waals surface area contributed by atoms with Crippen molar-refractivity contribution in [3.05, 3.63) is 0 Å². The minimum absolute atomic E-state index is 0.229. The largest absolute Gasteiger partial charge is 0.300 e. The molecule has 3 aliphatic rings. The summed E-state index contributed by atoms with van der Waals surface area (Å²) >= 11 is 0. The van der Waals surface area contributed by atoms with Crippen molar-refractivity contribution in [1.82, 2.24) is 0 Å². The number of carbonyl (C=O) groups excluding carboxylic acids is 2. The van der Waals surface area contributed by atoms with Crippen molar-refractivity contribution in [3.63, 3.8) is 0 Å². The van der Waals surface area contributed by atoms with E-state index in [1.54, 1.807) is 6.92 Å². The number of carbonyl (C=O) groups is 2. The van der Waals surface area contributed by atoms with E-state index in [0.717, 1.165) is 32.1 Å². The normalized spacial score (nSPS) is 49.6. The first-order valence-corrected chi connectivity index (χ1v) is 7.98. The number of fused-ring (bicyclic) bond motifs is 3. The highest BCUT2D eigenvalue weighted by Crippen LogP contribution is 2.62. The Kier molecular flexibility index (Phi) is 3.11. The third-order valence-electron chi connectivity index (χ3n) is 6.86. The molecule has 0 N–H and O–H groups in total. The fraction of sp³-hybridized carbons (Fsp3) is 0.882. The molecular formula is C17H26O2. The van der Waals surface area contributed by atoms with Crippen LogP contribution < -0.4 is 0 Å². The maximum Gasteiger partial charge on any atom is 0.135 e. The van der Waals surface area contributed by atoms with E-state index >= 15 is 0 Å². The molecule has 6 atom stereocenters. The Labute approximate surface area is 116 Å². The second kappa shape index (κ2) is 4.43. The van der Waals surface area contributed by atoms with E-state index in [-0.39, 0.29) is 17.3 Å². The van der Waals surface area contributed by atoms with E-state index in [2.05, 4.69) is 13.8 Å². The summed E-state index contributed by atoms with van der Waals surface area (Å²) in [4.78, 5) is 23.9. The SMILES string of the molecule is CC(=O)[C@H]1CC[C@@H]2[C@@H]3CCC(=O)[C@H](C)[C@H]3CC[C@@]12C. The summed E-state index contributed by atoms with van der Waals surface area (Å²) in [6.45, 7) is 6.27. The molecule has 0 heterocycles. The number of ketones is 2. The van der Waals surface area contributed by atoms with Crippen molar-refractivity contribution >= 4 is 11.6 Å². The third kappa shape index (κ3) is 1.82. The van der Waals surface area contributed by atoms with Crippen molar-refractivity contribution in [2.45, 2.75) is 59.3 Å². The Morgan fingerprint density at radius 1 is 1.16 bits per heavy atom. The van der Waals surface area contributed by atoms with Crippen LogP contribution in [0.5, 0.6) is 0 Å². The Hall–Kier alpha value is -0.660. The fourth-order valence-electron chi connectivity index (χ4n) is 5.80. The van der Waals surface area contributed by atoms with Gasteiger partial charge in [-0.15, -0.1) is 0 Å². The average molecular weight is 262 g/mol. The first-order valence-electron chi connectivity index (χ1n) is 7.98. The van der Waals surface area contributed by atoms with Crippen LogP contribution in [0.4, 0.5) is 0 Å². The number of hydrogen-bond acceptors (Lipinski definition) is 2. The maximum absolute atomic E-state index is 11.9. The highest BCUT2D eigenvalue weighted by Gasteiger charge is 2.56. The van der Waals surface area contributed by atoms with Gasteiger partial charge in [0, 0.05) is 18.3 Å². The lowest BCUT2D eigenvalue weighted by molar-refractivity contribution is -0.135. The number of hydrogen-bond donors (Lipinski definition) is 0. The topological polar surface area (TPSA) is 34.1 Å². The summed E-state index contributed by atoms with van der Waals surface area (Å²) in [5.41, 5.74) is 0.229. The van der Waals surface area contributed by atoms with E-state index in [9.17, 15) is 9.59 Å². The molecule has 0 aromatic rings. The zero-order chi connectivity index (χ0) is 13.8. The molecule has 0 amide bonds. The van der Waals surface area contributed by atoms with E-state index in [1.807, 2.05) is 0 Å². The predicted octanol–water partition coefficient (Wildman–Crippen LogP) is 3.63. The lowest BCUT2D eigenvalue weighted by Crippen LogP contribution is -2.47. The molecule has 19 heavy (non-hydrogen) atoms. The molecule has 3 rings (SSSR count). The third-order valence-corrected chi connectivity index (χ3v) is 6.86. The number of Topliss-reactive ketones (excluding diaryl/α,β-unsaturated/α-hetero) is 2. The smallest absolute Gasteiger partial charge is 0.135 e. The molecule has 3 aliphatic carbocycles. The Balaban J connectivity index is 1.88. The van der Waals surface area contributed by atoms with Gasteiger partial charge in [-0.3, -0.25) is 9.59 Å². The van der Waals surface area contributed by atoms with Crippen LogP contribution in [0.2, 0.25) is 0 Å². The quantitative estimate of drug-likeness (QED) is 0.723. The zero-order valence-electron chi connectivity index (χ0n) is 12.4. The molecule has 0 aromatic heterocycles. The first kappa shape index (κ1) is 13.3. The molecule has 106 valence electrons. The van der Waals surface area contributed by atoms with Gasteiger partial charge in [-0.1, -0.05) is 13.8 Å². The van der Waals surface area contributed by atoms with Gasteiger partial charge in [0.15, 0.2) is 0 Å². The van der Waals surface area contributed by atoms with Crippen LogP contribution in [0.15, 0.2) is 0 Å². The van der Waals surface area contributed by atoms with Gasteiger partial charge in [0.05, 0.1) is 0 Å². The summed E-state index contributed by atoms with van der Waals surface area (Å²) in [6.07, 6.45) is 6.47. The second-order valence-corrected chi connectivity index (χ2v) is 7.51. The van der Waals surface area contributed by atoms with Gasteiger partial charge in [0.1, 0.15) is 11.6 Å². The van der Waals surface area contributed by atoms with Crippen molar-refractivity contribution in [1.29, 1.82) is 0 Å². The Bertz CT molecular complexity index is 413. The minimum atomic E-state index is 0.229. The van der Waals surface area contributed by atoms with Gasteiger partial charge in [-0.25, -0.2) is 0 Å². The molecule has 2 nitrogen and oxygen atoms in total. The van der Waals surface area contributed by atoms with Crippen molar-refractivity contribution in [2.24, 2.45) is 35.0 Å². The van der Waals surface area contributed by atoms with Crippen LogP contribution in [0.3, 0.4) is 0 Å². The highest BCUT2D eigenvalue weighted by molar-refractivity contribution is 5.82. The molecule has 0 aliphatic heterocycles. The molecule has 0 unspecified atom stereocenters. The predicted molar refractivity (Wildman–Crippen MR) is 74.6 cm³/mol. The summed E-state index contributed by atoms with van der Waals surface area (Å²) in [5, 5.41) is 0. The maximum atomic E-state index is 11.9. The monoisotopic (exact) mass is 262 g/mol. The van der Waals surface area contributed by atoms with E-state index < -0.39 is 0 Å². The van der Waals surface area contributed by atoms with Gasteiger partial charge in [0.25, 0.3) is 0 Å². The molecule has 0 saturated heterocycles. The summed E-state index contributed by atoms with van der Waals surface area (Å²) in [6, 6.07) is 0. The first-order chi connectivity index (χ1) is 8.95. The number of rotatable bonds is 1. The van der Waals surface area contributed by atoms with Crippen LogP contribution >= 0.6 is 0 Å². The molecule has 2 heteroatoms. The average Bonchev–Trinajstić information content (AvgIpc) is 2.71. The molecule has 3 fully saturated rings. The second-order valence-electron chi connectivity index (χ2n) is 7.51. The van der Waals surface area contributed by atoms with Gasteiger partial charge in [-0.2, -0.15) is 0 Å². The lowest BCUT2D eigenvalue weighted by Gasteiger charge is -2.51. The standard InChI is InChI=1S/C17H26O2/c1-10-12-8-9-17(3)14(11(2)18)5-6-15(17)13(12)4-7-16(10)19/h10,12-15H,4-9H2,1-3H3/t10-,12-,13-,14-,15-,17+/m1/s1. The van der Waals surface area contributed by atoms with Crippen molar-refractivity contribution < 1.29 is 9.59 Å². The molecule has 0 bridgehead atoms. The van der Waals surface area contributed by atoms with Crippen LogP contribution in [-0.4, -0.2) is 11.6 Å². The fourth-order valence-corrected chi connectivity index (χ4v) is 5.80. The molecule has 0 radical (unpaired) electrons. The van der Waals surface area contributed by atoms with Crippen LogP contribution in [-0.2, 0) is 9.59 Å².